The average Bonchev–Trinajstić information content (AvgIpc) is 2.92. The van der Waals surface area contributed by atoms with Crippen LogP contribution in [0.4, 0.5) is 0 Å². The average molecular weight is 244 g/mol. The fraction of sp³-hybridized carbons (Fsp3) is 0.214. The van der Waals surface area contributed by atoms with Crippen LogP contribution < -0.4 is 11.1 Å². The normalized spacial score (nSPS) is 13.9. The van der Waals surface area contributed by atoms with Gasteiger partial charge < -0.3 is 15.5 Å². The van der Waals surface area contributed by atoms with E-state index in [9.17, 15) is 4.79 Å². The van der Waals surface area contributed by atoms with Crippen molar-refractivity contribution < 1.29 is 9.21 Å². The molecule has 0 aliphatic heterocycles. The smallest absolute Gasteiger partial charge is 0.242 e. The van der Waals surface area contributed by atoms with Crippen molar-refractivity contribution in [1.82, 2.24) is 5.32 Å². The highest BCUT2D eigenvalue weighted by atomic mass is 16.3. The van der Waals surface area contributed by atoms with Crippen molar-refractivity contribution in [2.24, 2.45) is 5.73 Å². The first-order valence-electron chi connectivity index (χ1n) is 5.83. The summed E-state index contributed by atoms with van der Waals surface area (Å²) in [4.78, 5) is 12.0. The Morgan fingerprint density at radius 3 is 2.56 bits per heavy atom. The zero-order chi connectivity index (χ0) is 13.0. The maximum atomic E-state index is 12.0. The first-order chi connectivity index (χ1) is 8.68. The number of hydrogen-bond donors (Lipinski definition) is 2. The Bertz CT molecular complexity index is 494. The maximum Gasteiger partial charge on any atom is 0.242 e. The highest BCUT2D eigenvalue weighted by Gasteiger charge is 2.18. The van der Waals surface area contributed by atoms with Crippen LogP contribution in [-0.4, -0.2) is 5.91 Å². The van der Waals surface area contributed by atoms with E-state index in [1.807, 2.05) is 43.3 Å². The van der Waals surface area contributed by atoms with E-state index in [4.69, 9.17) is 10.2 Å². The second-order valence-corrected chi connectivity index (χ2v) is 4.13. The van der Waals surface area contributed by atoms with Crippen molar-refractivity contribution in [3.8, 4) is 0 Å². The topological polar surface area (TPSA) is 68.3 Å². The van der Waals surface area contributed by atoms with Crippen LogP contribution in [0.3, 0.4) is 0 Å². The molecule has 2 atom stereocenters. The molecule has 3 N–H and O–H groups in total. The molecule has 1 amide bonds. The lowest BCUT2D eigenvalue weighted by atomic mass is 10.1. The van der Waals surface area contributed by atoms with Crippen molar-refractivity contribution >= 4 is 5.91 Å². The molecule has 4 heteroatoms. The first kappa shape index (κ1) is 12.4. The van der Waals surface area contributed by atoms with Crippen LogP contribution in [0.25, 0.3) is 0 Å². The standard InChI is InChI=1S/C14H16N2O2/c1-10(12-8-5-9-18-12)16-14(17)13(15)11-6-3-2-4-7-11/h2-10,13H,15H2,1H3,(H,16,17)/t10-,13+/m0/s1. The molecule has 0 fully saturated rings. The number of carbonyl (C=O) groups is 1. The van der Waals surface area contributed by atoms with E-state index in [-0.39, 0.29) is 11.9 Å². The molecule has 0 aliphatic rings. The number of nitrogens with two attached hydrogens (primary N) is 1. The van der Waals surface area contributed by atoms with Crippen LogP contribution in [0.5, 0.6) is 0 Å². The molecule has 0 unspecified atom stereocenters. The molecule has 18 heavy (non-hydrogen) atoms. The molecule has 1 aromatic heterocycles. The zero-order valence-corrected chi connectivity index (χ0v) is 10.2. The number of furan rings is 1. The summed E-state index contributed by atoms with van der Waals surface area (Å²) in [5, 5.41) is 2.82. The van der Waals surface area contributed by atoms with Crippen LogP contribution in [0.2, 0.25) is 0 Å². The molecule has 0 spiro atoms. The van der Waals surface area contributed by atoms with E-state index < -0.39 is 6.04 Å². The Balaban J connectivity index is 2.00. The van der Waals surface area contributed by atoms with Crippen molar-refractivity contribution in [1.29, 1.82) is 0 Å². The zero-order valence-electron chi connectivity index (χ0n) is 10.2. The van der Waals surface area contributed by atoms with Gasteiger partial charge in [-0.1, -0.05) is 30.3 Å². The van der Waals surface area contributed by atoms with Crippen molar-refractivity contribution in [2.75, 3.05) is 0 Å². The van der Waals surface area contributed by atoms with Crippen LogP contribution >= 0.6 is 0 Å². The minimum absolute atomic E-state index is 0.192. The number of benzene rings is 1. The van der Waals surface area contributed by atoms with Gasteiger partial charge in [-0.05, 0) is 24.6 Å². The lowest BCUT2D eigenvalue weighted by molar-refractivity contribution is -0.123. The monoisotopic (exact) mass is 244 g/mol. The molecule has 2 rings (SSSR count). The number of nitrogens with one attached hydrogen (secondary N) is 1. The van der Waals surface area contributed by atoms with E-state index in [0.29, 0.717) is 5.76 Å². The number of hydrogen-bond acceptors (Lipinski definition) is 3. The minimum atomic E-state index is -0.663. The van der Waals surface area contributed by atoms with Gasteiger partial charge in [-0.25, -0.2) is 0 Å². The van der Waals surface area contributed by atoms with Gasteiger partial charge in [0.15, 0.2) is 0 Å². The highest BCUT2D eigenvalue weighted by Crippen LogP contribution is 2.15. The highest BCUT2D eigenvalue weighted by molar-refractivity contribution is 5.83. The third kappa shape index (κ3) is 2.78. The van der Waals surface area contributed by atoms with Gasteiger partial charge in [-0.15, -0.1) is 0 Å². The van der Waals surface area contributed by atoms with Gasteiger partial charge in [-0.3, -0.25) is 4.79 Å². The van der Waals surface area contributed by atoms with Gasteiger partial charge in [0.25, 0.3) is 0 Å². The third-order valence-electron chi connectivity index (χ3n) is 2.77. The Morgan fingerprint density at radius 1 is 1.22 bits per heavy atom. The predicted molar refractivity (Wildman–Crippen MR) is 68.6 cm³/mol. The minimum Gasteiger partial charge on any atom is -0.467 e. The molecule has 0 saturated carbocycles. The van der Waals surface area contributed by atoms with Crippen LogP contribution in [-0.2, 0) is 4.79 Å². The maximum absolute atomic E-state index is 12.0. The summed E-state index contributed by atoms with van der Waals surface area (Å²) >= 11 is 0. The molecule has 2 aromatic rings. The Hall–Kier alpha value is -2.07. The number of amides is 1. The summed E-state index contributed by atoms with van der Waals surface area (Å²) in [5.74, 6) is 0.494. The quantitative estimate of drug-likeness (QED) is 0.866. The molecule has 4 nitrogen and oxygen atoms in total. The summed E-state index contributed by atoms with van der Waals surface area (Å²) in [6.45, 7) is 1.86. The van der Waals surface area contributed by atoms with Crippen LogP contribution in [0, 0.1) is 0 Å². The second-order valence-electron chi connectivity index (χ2n) is 4.13. The molecule has 0 saturated heterocycles. The molecule has 0 radical (unpaired) electrons. The fourth-order valence-corrected chi connectivity index (χ4v) is 1.72. The van der Waals surface area contributed by atoms with Crippen LogP contribution in [0.15, 0.2) is 53.1 Å². The molecule has 0 bridgehead atoms. The lowest BCUT2D eigenvalue weighted by Crippen LogP contribution is -2.35. The van der Waals surface area contributed by atoms with Gasteiger partial charge in [0.2, 0.25) is 5.91 Å². The molecule has 1 heterocycles. The SMILES string of the molecule is C[C@H](NC(=O)[C@H](N)c1ccccc1)c1ccco1. The summed E-state index contributed by atoms with van der Waals surface area (Å²) in [5.41, 5.74) is 6.69. The van der Waals surface area contributed by atoms with E-state index >= 15 is 0 Å². The lowest BCUT2D eigenvalue weighted by Gasteiger charge is -2.16. The van der Waals surface area contributed by atoms with E-state index in [0.717, 1.165) is 5.56 Å². The molecule has 94 valence electrons. The Labute approximate surface area is 106 Å². The van der Waals surface area contributed by atoms with E-state index in [1.165, 1.54) is 0 Å². The van der Waals surface area contributed by atoms with Crippen LogP contribution in [0.1, 0.15) is 30.3 Å². The summed E-state index contributed by atoms with van der Waals surface area (Å²) < 4.78 is 5.23. The number of carbonyl (C=O) groups excluding carboxylic acids is 1. The number of rotatable bonds is 4. The fourth-order valence-electron chi connectivity index (χ4n) is 1.72. The summed E-state index contributed by atoms with van der Waals surface area (Å²) in [6.07, 6.45) is 1.58. The largest absolute Gasteiger partial charge is 0.467 e. The van der Waals surface area contributed by atoms with Crippen molar-refractivity contribution in [2.45, 2.75) is 19.0 Å². The van der Waals surface area contributed by atoms with Gasteiger partial charge in [-0.2, -0.15) is 0 Å². The van der Waals surface area contributed by atoms with Crippen molar-refractivity contribution in [3.63, 3.8) is 0 Å². The van der Waals surface area contributed by atoms with E-state index in [2.05, 4.69) is 5.32 Å². The summed E-state index contributed by atoms with van der Waals surface area (Å²) in [7, 11) is 0. The van der Waals surface area contributed by atoms with Gasteiger partial charge >= 0.3 is 0 Å². The van der Waals surface area contributed by atoms with Gasteiger partial charge in [0.1, 0.15) is 11.8 Å². The van der Waals surface area contributed by atoms with Crippen molar-refractivity contribution in [3.05, 3.63) is 60.1 Å². The predicted octanol–water partition coefficient (Wildman–Crippen LogP) is 2.16. The third-order valence-corrected chi connectivity index (χ3v) is 2.77. The Kier molecular flexibility index (Phi) is 3.79. The van der Waals surface area contributed by atoms with Gasteiger partial charge in [0.05, 0.1) is 12.3 Å². The Morgan fingerprint density at radius 2 is 1.94 bits per heavy atom. The molecule has 1 aromatic carbocycles. The molecule has 0 aliphatic carbocycles. The van der Waals surface area contributed by atoms with Gasteiger partial charge in [0, 0.05) is 0 Å². The molecular formula is C14H16N2O2. The second kappa shape index (κ2) is 5.51. The first-order valence-corrected chi connectivity index (χ1v) is 5.83. The van der Waals surface area contributed by atoms with E-state index in [1.54, 1.807) is 12.3 Å². The molecular weight excluding hydrogens is 228 g/mol. The summed E-state index contributed by atoms with van der Waals surface area (Å²) in [6, 6.07) is 12.0.